The lowest BCUT2D eigenvalue weighted by Crippen LogP contribution is -2.45. The van der Waals surface area contributed by atoms with Gasteiger partial charge in [0.1, 0.15) is 5.75 Å². The van der Waals surface area contributed by atoms with Crippen molar-refractivity contribution in [2.75, 3.05) is 67.8 Å². The highest BCUT2D eigenvalue weighted by molar-refractivity contribution is 7.99. The van der Waals surface area contributed by atoms with E-state index in [4.69, 9.17) is 20.8 Å². The Balaban J connectivity index is 0.995. The molecule has 2 fully saturated rings. The Morgan fingerprint density at radius 3 is 2.23 bits per heavy atom. The van der Waals surface area contributed by atoms with Crippen LogP contribution in [0, 0.1) is 11.8 Å². The van der Waals surface area contributed by atoms with Crippen molar-refractivity contribution < 1.29 is 27.6 Å². The smallest absolute Gasteiger partial charge is 0.192 e. The Bertz CT molecular complexity index is 2470. The molecule has 0 amide bonds. The number of rotatable bonds is 19. The monoisotopic (exact) mass is 967 g/mol. The van der Waals surface area contributed by atoms with E-state index in [1.165, 1.54) is 22.1 Å². The highest BCUT2D eigenvalue weighted by atomic mass is 35.5. The van der Waals surface area contributed by atoms with E-state index in [9.17, 15) is 18.4 Å². The summed E-state index contributed by atoms with van der Waals surface area (Å²) < 4.78 is 40.4. The van der Waals surface area contributed by atoms with Gasteiger partial charge in [0.25, 0.3) is 0 Å². The van der Waals surface area contributed by atoms with Gasteiger partial charge in [-0.15, -0.1) is 11.8 Å². The molecule has 5 aromatic rings. The maximum absolute atomic E-state index is 13.7. The third kappa shape index (κ3) is 13.0. The fourth-order valence-corrected chi connectivity index (χ4v) is 12.5. The number of halogens is 1. The van der Waals surface area contributed by atoms with Crippen LogP contribution in [0.4, 0.5) is 11.4 Å². The van der Waals surface area contributed by atoms with Crippen molar-refractivity contribution in [1.29, 1.82) is 0 Å². The molecule has 0 unspecified atom stereocenters. The molecule has 0 saturated carbocycles. The Kier molecular flexibility index (Phi) is 17.0. The van der Waals surface area contributed by atoms with Crippen LogP contribution in [0.3, 0.4) is 0 Å². The normalized spacial score (nSPS) is 16.5. The lowest BCUT2D eigenvalue weighted by atomic mass is 9.84. The van der Waals surface area contributed by atoms with Crippen LogP contribution >= 0.6 is 23.4 Å². The van der Waals surface area contributed by atoms with E-state index in [1.54, 1.807) is 36.0 Å². The van der Waals surface area contributed by atoms with E-state index < -0.39 is 29.7 Å². The number of ketones is 1. The average molecular weight is 969 g/mol. The van der Waals surface area contributed by atoms with Gasteiger partial charge in [-0.2, -0.15) is 0 Å². The molecular weight excluding hydrogens is 902 g/mol. The molecule has 2 atom stereocenters. The van der Waals surface area contributed by atoms with Crippen LogP contribution in [0.25, 0.3) is 11.1 Å². The van der Waals surface area contributed by atoms with Crippen LogP contribution < -0.4 is 10.4 Å². The minimum absolute atomic E-state index is 0.00852. The van der Waals surface area contributed by atoms with Crippen molar-refractivity contribution in [3.05, 3.63) is 143 Å². The first-order chi connectivity index (χ1) is 31.6. The average Bonchev–Trinajstić information content (AvgIpc) is 3.32. The number of carbonyl (C=O) groups is 1. The number of piperidine rings is 1. The number of ether oxygens (including phenoxy) is 1. The molecule has 0 bridgehead atoms. The lowest BCUT2D eigenvalue weighted by Gasteiger charge is -2.44. The van der Waals surface area contributed by atoms with E-state index >= 15 is 0 Å². The lowest BCUT2D eigenvalue weighted by molar-refractivity contribution is 0.0358. The summed E-state index contributed by atoms with van der Waals surface area (Å²) in [4.78, 5) is 19.5. The van der Waals surface area contributed by atoms with Crippen LogP contribution in [0.2, 0.25) is 23.2 Å². The molecule has 7 rings (SSSR count). The molecular formula is C53H66ClN3O6S2Si. The molecule has 2 N–H and O–H groups in total. The van der Waals surface area contributed by atoms with Crippen LogP contribution in [-0.2, 0) is 25.4 Å². The minimum atomic E-state index is -4.02. The zero-order valence-electron chi connectivity index (χ0n) is 39.0. The second-order valence-electron chi connectivity index (χ2n) is 19.3. The van der Waals surface area contributed by atoms with Gasteiger partial charge in [-0.1, -0.05) is 93.0 Å². The number of morpholine rings is 1. The summed E-state index contributed by atoms with van der Waals surface area (Å²) >= 11 is 8.09. The van der Waals surface area contributed by atoms with Gasteiger partial charge in [0.2, 0.25) is 0 Å². The van der Waals surface area contributed by atoms with Crippen molar-refractivity contribution in [3.8, 4) is 11.1 Å². The van der Waals surface area contributed by atoms with Crippen molar-refractivity contribution in [3.63, 3.8) is 0 Å². The van der Waals surface area contributed by atoms with Gasteiger partial charge in [0.05, 0.1) is 29.9 Å². The molecule has 2 aliphatic rings. The topological polar surface area (TPSA) is 108 Å². The van der Waals surface area contributed by atoms with Gasteiger partial charge in [-0.25, -0.2) is 8.42 Å². The summed E-state index contributed by atoms with van der Waals surface area (Å²) in [6, 6.07) is 39.0. The first-order valence-corrected chi connectivity index (χ1v) is 29.2. The molecule has 66 heavy (non-hydrogen) atoms. The maximum Gasteiger partial charge on any atom is 0.192 e. The van der Waals surface area contributed by atoms with Crippen LogP contribution in [-0.4, -0.2) is 90.1 Å². The van der Waals surface area contributed by atoms with Crippen LogP contribution in [0.1, 0.15) is 67.6 Å². The molecule has 0 aliphatic carbocycles. The molecule has 13 heteroatoms. The van der Waals surface area contributed by atoms with E-state index in [1.807, 2.05) is 42.5 Å². The highest BCUT2D eigenvalue weighted by Crippen LogP contribution is 2.46. The Morgan fingerprint density at radius 1 is 0.894 bits per heavy atom. The number of sulfone groups is 1. The second-order valence-corrected chi connectivity index (χ2v) is 27.6. The van der Waals surface area contributed by atoms with Gasteiger partial charge < -0.3 is 14.1 Å². The highest BCUT2D eigenvalue weighted by Gasteiger charge is 2.42. The quantitative estimate of drug-likeness (QED) is 0.0359. The number of thioether (sulfide) groups is 1. The van der Waals surface area contributed by atoms with Gasteiger partial charge in [0, 0.05) is 53.1 Å². The number of carbonyl (C=O) groups excluding carboxylic acids is 1. The number of nitrogens with one attached hydrogen (secondary N) is 1. The second kappa shape index (κ2) is 22.4. The summed E-state index contributed by atoms with van der Waals surface area (Å²) in [5.41, 5.74) is 8.25. The summed E-state index contributed by atoms with van der Waals surface area (Å²) in [5.74, 6) is 0.286. The van der Waals surface area contributed by atoms with Gasteiger partial charge in [-0.3, -0.25) is 20.4 Å². The molecule has 9 nitrogen and oxygen atoms in total. The van der Waals surface area contributed by atoms with Gasteiger partial charge >= 0.3 is 0 Å². The zero-order valence-corrected chi connectivity index (χ0v) is 42.4. The zero-order chi connectivity index (χ0) is 46.9. The Hall–Kier alpha value is -3.98. The molecule has 2 heterocycles. The fourth-order valence-electron chi connectivity index (χ4n) is 8.71. The summed E-state index contributed by atoms with van der Waals surface area (Å²) in [6.45, 7) is 17.4. The third-order valence-electron chi connectivity index (χ3n) is 13.7. The minimum Gasteiger partial charge on any atom is -0.410 e. The van der Waals surface area contributed by atoms with Crippen molar-refractivity contribution in [2.24, 2.45) is 11.8 Å². The molecule has 2 aliphatic heterocycles. The summed E-state index contributed by atoms with van der Waals surface area (Å²) in [6.07, 6.45) is 3.38. The van der Waals surface area contributed by atoms with E-state index in [0.717, 1.165) is 87.8 Å². The number of Topliss-reactive ketones (excluding diaryl/α,β-unsaturated/α-hetero) is 1. The Morgan fingerprint density at radius 2 is 1.56 bits per heavy atom. The number of anilines is 2. The van der Waals surface area contributed by atoms with Crippen molar-refractivity contribution in [2.45, 2.75) is 80.5 Å². The predicted octanol–water partition coefficient (Wildman–Crippen LogP) is 12.1. The fraction of sp³-hybridized carbons (Fsp3) is 0.415. The molecule has 0 radical (unpaired) electrons. The third-order valence-corrected chi connectivity index (χ3v) is 21.3. The first-order valence-electron chi connectivity index (χ1n) is 23.2. The molecule has 5 aromatic carbocycles. The summed E-state index contributed by atoms with van der Waals surface area (Å²) in [5, 5.41) is 11.0. The standard InChI is InChI=1S/C53H66ClN3O6S2Si/c1-53(2,3)66(4,5)63-52(49-14-10-9-13-48(49)40-15-20-44(54)21-16-40)42-26-29-57(30-27-42)45-22-17-41(18-23-45)51(58)38-65(60,61)47-24-19-43(50(36-47)55-59)35-39(25-28-56-31-33-62-34-32-56)37-64-46-11-7-6-8-12-46/h6-24,36,39,42,52,55,59H,25-35,37-38H2,1-5H3/t39-,52+/m0/s1. The molecule has 352 valence electrons. The first kappa shape index (κ1) is 49.9. The van der Waals surface area contributed by atoms with Crippen LogP contribution in [0.5, 0.6) is 0 Å². The number of hydrogen-bond acceptors (Lipinski definition) is 10. The molecule has 0 aromatic heterocycles. The molecule has 0 spiro atoms. The molecule has 2 saturated heterocycles. The largest absolute Gasteiger partial charge is 0.410 e. The number of benzene rings is 5. The maximum atomic E-state index is 13.7. The van der Waals surface area contributed by atoms with E-state index in [-0.39, 0.29) is 22.0 Å². The number of hydrogen-bond donors (Lipinski definition) is 2. The van der Waals surface area contributed by atoms with Gasteiger partial charge in [0.15, 0.2) is 23.9 Å². The van der Waals surface area contributed by atoms with E-state index in [0.29, 0.717) is 28.6 Å². The van der Waals surface area contributed by atoms with Crippen molar-refractivity contribution >= 4 is 58.7 Å². The van der Waals surface area contributed by atoms with Crippen LogP contribution in [0.15, 0.2) is 131 Å². The summed E-state index contributed by atoms with van der Waals surface area (Å²) in [7, 11) is -6.19. The predicted molar refractivity (Wildman–Crippen MR) is 274 cm³/mol. The Labute approximate surface area is 403 Å². The van der Waals surface area contributed by atoms with Gasteiger partial charge in [-0.05, 0) is 145 Å². The SMILES string of the molecule is CC(C)(C)[Si](C)(C)O[C@@H](c1ccccc1-c1ccc(Cl)cc1)C1CCN(c2ccc(C(=O)CS(=O)(=O)c3ccc(C[C@H](CCN4CCOCC4)CSc4ccccc4)c(NO)c3)cc2)CC1. The number of nitrogens with zero attached hydrogens (tertiary/aromatic N) is 2. The van der Waals surface area contributed by atoms with Crippen molar-refractivity contribution in [1.82, 2.24) is 4.90 Å². The van der Waals surface area contributed by atoms with E-state index in [2.05, 4.69) is 97.7 Å².